The van der Waals surface area contributed by atoms with E-state index in [-0.39, 0.29) is 11.7 Å². The Labute approximate surface area is 157 Å². The highest BCUT2D eigenvalue weighted by Crippen LogP contribution is 2.30. The molecule has 5 nitrogen and oxygen atoms in total. The molecule has 1 amide bonds. The molecule has 27 heavy (non-hydrogen) atoms. The van der Waals surface area contributed by atoms with Crippen LogP contribution in [0.4, 0.5) is 4.39 Å². The molecule has 140 valence electrons. The number of nitrogens with one attached hydrogen (secondary N) is 1. The molecule has 0 bridgehead atoms. The topological polar surface area (TPSA) is 58.2 Å². The van der Waals surface area contributed by atoms with Crippen molar-refractivity contribution in [3.8, 4) is 5.75 Å². The van der Waals surface area contributed by atoms with Crippen LogP contribution >= 0.6 is 0 Å². The maximum absolute atomic E-state index is 13.0. The molecule has 3 aromatic rings. The molecule has 0 radical (unpaired) electrons. The number of hydrogen-bond acceptors (Lipinski definition) is 3. The first kappa shape index (κ1) is 17.5. The third-order valence-electron chi connectivity index (χ3n) is 5.16. The van der Waals surface area contributed by atoms with Crippen LogP contribution in [0.15, 0.2) is 48.8 Å². The number of halogens is 1. The van der Waals surface area contributed by atoms with Crippen LogP contribution in [0.5, 0.6) is 5.75 Å². The van der Waals surface area contributed by atoms with Gasteiger partial charge < -0.3 is 14.6 Å². The van der Waals surface area contributed by atoms with Crippen molar-refractivity contribution < 1.29 is 13.9 Å². The fraction of sp³-hybridized carbons (Fsp3) is 0.333. The second-order valence-corrected chi connectivity index (χ2v) is 7.00. The normalized spacial score (nSPS) is 16.4. The zero-order valence-corrected chi connectivity index (χ0v) is 15.2. The molecule has 0 saturated carbocycles. The largest absolute Gasteiger partial charge is 0.481 e. The predicted molar refractivity (Wildman–Crippen MR) is 101 cm³/mol. The summed E-state index contributed by atoms with van der Waals surface area (Å²) in [5.41, 5.74) is 2.31. The van der Waals surface area contributed by atoms with Crippen molar-refractivity contribution in [2.75, 3.05) is 13.1 Å². The van der Waals surface area contributed by atoms with E-state index in [0.717, 1.165) is 23.7 Å². The third kappa shape index (κ3) is 3.79. The maximum atomic E-state index is 13.0. The molecule has 0 aliphatic carbocycles. The van der Waals surface area contributed by atoms with Gasteiger partial charge in [0.1, 0.15) is 11.6 Å². The van der Waals surface area contributed by atoms with E-state index in [9.17, 15) is 9.18 Å². The molecule has 1 N–H and O–H groups in total. The first-order valence-electron chi connectivity index (χ1n) is 9.24. The third-order valence-corrected chi connectivity index (χ3v) is 5.16. The number of hydrogen-bond donors (Lipinski definition) is 1. The van der Waals surface area contributed by atoms with Gasteiger partial charge in [-0.3, -0.25) is 9.78 Å². The molecule has 1 aliphatic heterocycles. The lowest BCUT2D eigenvalue weighted by Gasteiger charge is -2.33. The molecular formula is C21H22FN3O2. The number of likely N-dealkylation sites (tertiary alicyclic amines) is 1. The number of fused-ring (bicyclic) bond motifs is 1. The SMILES string of the molecule is C[C@H](Oc1ccc(F)cc1)C(=O)N1CCC(c2cc3cnccc3[nH]2)CC1. The van der Waals surface area contributed by atoms with E-state index in [4.69, 9.17) is 4.74 Å². The van der Waals surface area contributed by atoms with E-state index in [0.29, 0.717) is 24.8 Å². The minimum Gasteiger partial charge on any atom is -0.481 e. The molecule has 6 heteroatoms. The van der Waals surface area contributed by atoms with E-state index >= 15 is 0 Å². The quantitative estimate of drug-likeness (QED) is 0.761. The molecule has 4 rings (SSSR count). The monoisotopic (exact) mass is 367 g/mol. The number of rotatable bonds is 4. The smallest absolute Gasteiger partial charge is 0.263 e. The number of amides is 1. The minimum absolute atomic E-state index is 0.0291. The molecule has 3 heterocycles. The Balaban J connectivity index is 1.35. The van der Waals surface area contributed by atoms with Gasteiger partial charge in [0.2, 0.25) is 0 Å². The number of aromatic amines is 1. The standard InChI is InChI=1S/C21H22FN3O2/c1-14(27-18-4-2-17(22)3-5-18)21(26)25-10-7-15(8-11-25)20-12-16-13-23-9-6-19(16)24-20/h2-6,9,12-15,24H,7-8,10-11H2,1H3/t14-/m0/s1. The first-order valence-corrected chi connectivity index (χ1v) is 9.24. The highest BCUT2D eigenvalue weighted by molar-refractivity contribution is 5.81. The number of H-pyrrole nitrogens is 1. The van der Waals surface area contributed by atoms with Gasteiger partial charge in [-0.15, -0.1) is 0 Å². The number of nitrogens with zero attached hydrogens (tertiary/aromatic N) is 2. The molecule has 1 aliphatic rings. The minimum atomic E-state index is -0.592. The van der Waals surface area contributed by atoms with Gasteiger partial charge in [0.05, 0.1) is 0 Å². The molecule has 1 aromatic carbocycles. The summed E-state index contributed by atoms with van der Waals surface area (Å²) in [6.07, 6.45) is 4.88. The van der Waals surface area contributed by atoms with Crippen molar-refractivity contribution >= 4 is 16.8 Å². The Bertz CT molecular complexity index is 897. The molecule has 2 aromatic heterocycles. The fourth-order valence-corrected chi connectivity index (χ4v) is 3.65. The van der Waals surface area contributed by atoms with Gasteiger partial charge in [-0.1, -0.05) is 0 Å². The van der Waals surface area contributed by atoms with Gasteiger partial charge in [-0.2, -0.15) is 0 Å². The molecule has 0 spiro atoms. The maximum Gasteiger partial charge on any atom is 0.263 e. The zero-order chi connectivity index (χ0) is 18.8. The Morgan fingerprint density at radius 3 is 2.70 bits per heavy atom. The summed E-state index contributed by atoms with van der Waals surface area (Å²) < 4.78 is 18.6. The predicted octanol–water partition coefficient (Wildman–Crippen LogP) is 3.88. The molecule has 1 saturated heterocycles. The Kier molecular flexibility index (Phi) is 4.79. The summed E-state index contributed by atoms with van der Waals surface area (Å²) in [7, 11) is 0. The lowest BCUT2D eigenvalue weighted by atomic mass is 9.93. The molecule has 1 fully saturated rings. The van der Waals surface area contributed by atoms with Crippen molar-refractivity contribution in [1.82, 2.24) is 14.9 Å². The summed E-state index contributed by atoms with van der Waals surface area (Å²) in [5, 5.41) is 1.12. The van der Waals surface area contributed by atoms with Crippen molar-refractivity contribution in [3.05, 3.63) is 60.3 Å². The number of pyridine rings is 1. The molecular weight excluding hydrogens is 345 g/mol. The number of piperidine rings is 1. The summed E-state index contributed by atoms with van der Waals surface area (Å²) in [4.78, 5) is 22.1. The van der Waals surface area contributed by atoms with E-state index in [1.807, 2.05) is 17.2 Å². The second kappa shape index (κ2) is 7.39. The van der Waals surface area contributed by atoms with Gasteiger partial charge >= 0.3 is 0 Å². The van der Waals surface area contributed by atoms with Crippen molar-refractivity contribution in [2.24, 2.45) is 0 Å². The van der Waals surface area contributed by atoms with Gasteiger partial charge in [0.25, 0.3) is 5.91 Å². The van der Waals surface area contributed by atoms with Gasteiger partial charge in [-0.05, 0) is 56.2 Å². The number of ether oxygens (including phenoxy) is 1. The number of benzene rings is 1. The van der Waals surface area contributed by atoms with Crippen LogP contribution in [0, 0.1) is 5.82 Å². The average Bonchev–Trinajstić information content (AvgIpc) is 3.13. The lowest BCUT2D eigenvalue weighted by Crippen LogP contribution is -2.44. The van der Waals surface area contributed by atoms with E-state index < -0.39 is 6.10 Å². The van der Waals surface area contributed by atoms with Gasteiger partial charge in [0.15, 0.2) is 6.10 Å². The summed E-state index contributed by atoms with van der Waals surface area (Å²) in [6, 6.07) is 9.87. The van der Waals surface area contributed by atoms with Gasteiger partial charge in [-0.25, -0.2) is 4.39 Å². The van der Waals surface area contributed by atoms with Crippen LogP contribution < -0.4 is 4.74 Å². The average molecular weight is 367 g/mol. The van der Waals surface area contributed by atoms with E-state index in [1.165, 1.54) is 30.0 Å². The van der Waals surface area contributed by atoms with Crippen LogP contribution in [0.2, 0.25) is 0 Å². The Hall–Kier alpha value is -2.89. The summed E-state index contributed by atoms with van der Waals surface area (Å²) in [6.45, 7) is 3.14. The van der Waals surface area contributed by atoms with Crippen molar-refractivity contribution in [3.63, 3.8) is 0 Å². The van der Waals surface area contributed by atoms with Crippen LogP contribution in [0.25, 0.3) is 10.9 Å². The van der Waals surface area contributed by atoms with E-state index in [1.54, 1.807) is 13.1 Å². The van der Waals surface area contributed by atoms with Crippen LogP contribution in [0.1, 0.15) is 31.4 Å². The molecule has 0 unspecified atom stereocenters. The van der Waals surface area contributed by atoms with Gasteiger partial charge in [0, 0.05) is 48.0 Å². The number of aromatic nitrogens is 2. The Morgan fingerprint density at radius 2 is 2.00 bits per heavy atom. The summed E-state index contributed by atoms with van der Waals surface area (Å²) in [5.74, 6) is 0.559. The van der Waals surface area contributed by atoms with Crippen LogP contribution in [0.3, 0.4) is 0 Å². The fourth-order valence-electron chi connectivity index (χ4n) is 3.65. The first-order chi connectivity index (χ1) is 13.1. The number of carbonyl (C=O) groups excluding carboxylic acids is 1. The zero-order valence-electron chi connectivity index (χ0n) is 15.2. The van der Waals surface area contributed by atoms with Crippen LogP contribution in [-0.2, 0) is 4.79 Å². The highest BCUT2D eigenvalue weighted by atomic mass is 19.1. The number of carbonyl (C=O) groups is 1. The summed E-state index contributed by atoms with van der Waals surface area (Å²) >= 11 is 0. The molecule has 1 atom stereocenters. The lowest BCUT2D eigenvalue weighted by molar-refractivity contribution is -0.139. The second-order valence-electron chi connectivity index (χ2n) is 7.00. The van der Waals surface area contributed by atoms with Crippen molar-refractivity contribution in [2.45, 2.75) is 31.8 Å². The Morgan fingerprint density at radius 1 is 1.26 bits per heavy atom. The van der Waals surface area contributed by atoms with Crippen molar-refractivity contribution in [1.29, 1.82) is 0 Å². The van der Waals surface area contributed by atoms with Crippen LogP contribution in [-0.4, -0.2) is 40.0 Å². The highest BCUT2D eigenvalue weighted by Gasteiger charge is 2.28. The van der Waals surface area contributed by atoms with E-state index in [2.05, 4.69) is 16.0 Å².